The van der Waals surface area contributed by atoms with Gasteiger partial charge in [0.25, 0.3) is 5.91 Å². The van der Waals surface area contributed by atoms with E-state index < -0.39 is 5.91 Å². The molecule has 0 aliphatic rings. The lowest BCUT2D eigenvalue weighted by Crippen LogP contribution is -2.12. The lowest BCUT2D eigenvalue weighted by Gasteiger charge is -1.98. The van der Waals surface area contributed by atoms with Gasteiger partial charge in [-0.2, -0.15) is 5.10 Å². The van der Waals surface area contributed by atoms with Crippen molar-refractivity contribution < 1.29 is 13.7 Å². The summed E-state index contributed by atoms with van der Waals surface area (Å²) in [5.74, 6) is -0.500. The van der Waals surface area contributed by atoms with Crippen molar-refractivity contribution in [3.63, 3.8) is 0 Å². The maximum Gasteiger partial charge on any atom is 0.279 e. The van der Waals surface area contributed by atoms with Crippen LogP contribution >= 0.6 is 0 Å². The minimum Gasteiger partial charge on any atom is -0.364 e. The number of hydrogen-bond donors (Lipinski definition) is 2. The number of benzene rings is 1. The number of amides is 1. The highest BCUT2D eigenvalue weighted by atomic mass is 19.1. The van der Waals surface area contributed by atoms with Gasteiger partial charge in [0.1, 0.15) is 12.1 Å². The summed E-state index contributed by atoms with van der Waals surface area (Å²) >= 11 is 0. The second-order valence-corrected chi connectivity index (χ2v) is 3.60. The third-order valence-electron chi connectivity index (χ3n) is 2.43. The lowest BCUT2D eigenvalue weighted by molar-refractivity contribution is 0.101. The summed E-state index contributed by atoms with van der Waals surface area (Å²) in [6.45, 7) is 0. The Morgan fingerprint density at radius 1 is 1.39 bits per heavy atom. The van der Waals surface area contributed by atoms with Gasteiger partial charge < -0.3 is 9.84 Å². The average Bonchev–Trinajstić information content (AvgIpc) is 2.98. The van der Waals surface area contributed by atoms with Gasteiger partial charge in [-0.15, -0.1) is 0 Å². The highest BCUT2D eigenvalue weighted by Crippen LogP contribution is 2.21. The zero-order valence-corrected chi connectivity index (χ0v) is 8.98. The number of carbonyl (C=O) groups is 1. The molecule has 1 amide bonds. The minimum absolute atomic E-state index is 0.147. The van der Waals surface area contributed by atoms with Crippen molar-refractivity contribution >= 4 is 22.6 Å². The first-order valence-corrected chi connectivity index (χ1v) is 5.09. The molecule has 0 saturated carbocycles. The molecule has 0 aliphatic heterocycles. The number of rotatable bonds is 2. The monoisotopic (exact) mass is 246 g/mol. The predicted molar refractivity (Wildman–Crippen MR) is 60.5 cm³/mol. The fraction of sp³-hybridized carbons (Fsp3) is 0. The highest BCUT2D eigenvalue weighted by Gasteiger charge is 2.13. The van der Waals surface area contributed by atoms with Crippen LogP contribution in [0.3, 0.4) is 0 Å². The predicted octanol–water partition coefficient (Wildman–Crippen LogP) is 1.94. The molecule has 0 radical (unpaired) electrons. The second-order valence-electron chi connectivity index (χ2n) is 3.60. The Kier molecular flexibility index (Phi) is 2.30. The van der Waals surface area contributed by atoms with E-state index in [-0.39, 0.29) is 11.5 Å². The molecule has 0 aliphatic carbocycles. The van der Waals surface area contributed by atoms with Gasteiger partial charge in [-0.3, -0.25) is 9.89 Å². The van der Waals surface area contributed by atoms with Crippen LogP contribution < -0.4 is 5.32 Å². The van der Waals surface area contributed by atoms with Gasteiger partial charge in [-0.05, 0) is 18.2 Å². The van der Waals surface area contributed by atoms with E-state index in [0.717, 1.165) is 0 Å². The van der Waals surface area contributed by atoms with Crippen molar-refractivity contribution in [1.29, 1.82) is 0 Å². The van der Waals surface area contributed by atoms with E-state index in [4.69, 9.17) is 0 Å². The lowest BCUT2D eigenvalue weighted by atomic mass is 10.2. The molecular formula is C11H7FN4O2. The van der Waals surface area contributed by atoms with E-state index in [1.54, 1.807) is 0 Å². The van der Waals surface area contributed by atoms with E-state index in [1.807, 2.05) is 0 Å². The zero-order chi connectivity index (χ0) is 12.5. The molecule has 6 nitrogen and oxygen atoms in total. The number of halogens is 1. The molecule has 2 heterocycles. The molecule has 2 aromatic heterocycles. The average molecular weight is 246 g/mol. The SMILES string of the molecule is O=C(Nc1n[nH]c2cc(F)ccc12)c1ccon1. The van der Waals surface area contributed by atoms with Crippen LogP contribution in [0.5, 0.6) is 0 Å². The van der Waals surface area contributed by atoms with Crippen LogP contribution in [0.1, 0.15) is 10.5 Å². The Morgan fingerprint density at radius 2 is 2.28 bits per heavy atom. The molecule has 18 heavy (non-hydrogen) atoms. The van der Waals surface area contributed by atoms with Gasteiger partial charge >= 0.3 is 0 Å². The first-order valence-electron chi connectivity index (χ1n) is 5.09. The maximum atomic E-state index is 13.0. The first-order chi connectivity index (χ1) is 8.74. The number of H-pyrrole nitrogens is 1. The fourth-order valence-corrected chi connectivity index (χ4v) is 1.59. The molecule has 0 spiro atoms. The minimum atomic E-state index is -0.443. The fourth-order valence-electron chi connectivity index (χ4n) is 1.59. The van der Waals surface area contributed by atoms with Crippen LogP contribution in [0.25, 0.3) is 10.9 Å². The smallest absolute Gasteiger partial charge is 0.279 e. The third kappa shape index (κ3) is 1.71. The van der Waals surface area contributed by atoms with E-state index in [1.165, 1.54) is 30.5 Å². The summed E-state index contributed by atoms with van der Waals surface area (Å²) in [5.41, 5.74) is 0.652. The molecule has 0 atom stereocenters. The molecule has 90 valence electrons. The number of hydrogen-bond acceptors (Lipinski definition) is 4. The third-order valence-corrected chi connectivity index (χ3v) is 2.43. The van der Waals surface area contributed by atoms with Gasteiger partial charge in [0.15, 0.2) is 11.5 Å². The van der Waals surface area contributed by atoms with Gasteiger partial charge in [-0.25, -0.2) is 4.39 Å². The van der Waals surface area contributed by atoms with Gasteiger partial charge in [0.2, 0.25) is 0 Å². The first kappa shape index (κ1) is 10.5. The number of aromatic amines is 1. The number of anilines is 1. The summed E-state index contributed by atoms with van der Waals surface area (Å²) in [4.78, 5) is 11.7. The van der Waals surface area contributed by atoms with Crippen molar-refractivity contribution in [3.05, 3.63) is 42.0 Å². The van der Waals surface area contributed by atoms with Gasteiger partial charge in [-0.1, -0.05) is 5.16 Å². The summed E-state index contributed by atoms with van der Waals surface area (Å²) in [5, 5.41) is 13.2. The van der Waals surface area contributed by atoms with Gasteiger partial charge in [0, 0.05) is 11.5 Å². The van der Waals surface area contributed by atoms with Crippen LogP contribution in [-0.2, 0) is 0 Å². The number of nitrogens with zero attached hydrogens (tertiary/aromatic N) is 2. The molecule has 1 aromatic carbocycles. The molecule has 0 unspecified atom stereocenters. The van der Waals surface area contributed by atoms with Crippen LogP contribution in [0.15, 0.2) is 35.1 Å². The van der Waals surface area contributed by atoms with Crippen molar-refractivity contribution in [2.45, 2.75) is 0 Å². The molecular weight excluding hydrogens is 239 g/mol. The van der Waals surface area contributed by atoms with Crippen molar-refractivity contribution in [2.75, 3.05) is 5.32 Å². The Balaban J connectivity index is 1.94. The number of carbonyl (C=O) groups excluding carboxylic acids is 1. The molecule has 7 heteroatoms. The summed E-state index contributed by atoms with van der Waals surface area (Å²) in [6, 6.07) is 5.56. The van der Waals surface area contributed by atoms with E-state index in [9.17, 15) is 9.18 Å². The van der Waals surface area contributed by atoms with Crippen LogP contribution in [0.4, 0.5) is 10.2 Å². The van der Waals surface area contributed by atoms with Gasteiger partial charge in [0.05, 0.1) is 5.52 Å². The van der Waals surface area contributed by atoms with Crippen molar-refractivity contribution in [2.24, 2.45) is 0 Å². The number of fused-ring (bicyclic) bond motifs is 1. The summed E-state index contributed by atoms with van der Waals surface area (Å²) < 4.78 is 17.5. The van der Waals surface area contributed by atoms with Crippen molar-refractivity contribution in [3.8, 4) is 0 Å². The van der Waals surface area contributed by atoms with E-state index in [0.29, 0.717) is 16.7 Å². The van der Waals surface area contributed by atoms with Crippen LogP contribution in [0, 0.1) is 5.82 Å². The number of aromatic nitrogens is 3. The molecule has 0 saturated heterocycles. The second kappa shape index (κ2) is 3.95. The summed E-state index contributed by atoms with van der Waals surface area (Å²) in [6.07, 6.45) is 1.30. The van der Waals surface area contributed by atoms with E-state index in [2.05, 4.69) is 25.2 Å². The molecule has 0 fully saturated rings. The van der Waals surface area contributed by atoms with Crippen molar-refractivity contribution in [1.82, 2.24) is 15.4 Å². The largest absolute Gasteiger partial charge is 0.364 e. The highest BCUT2D eigenvalue weighted by molar-refractivity contribution is 6.06. The number of nitrogens with one attached hydrogen (secondary N) is 2. The Hall–Kier alpha value is -2.70. The normalized spacial score (nSPS) is 10.7. The van der Waals surface area contributed by atoms with E-state index >= 15 is 0 Å². The topological polar surface area (TPSA) is 83.8 Å². The Morgan fingerprint density at radius 3 is 3.06 bits per heavy atom. The molecule has 0 bridgehead atoms. The zero-order valence-electron chi connectivity index (χ0n) is 8.98. The maximum absolute atomic E-state index is 13.0. The Labute approximate surface area is 99.8 Å². The molecule has 3 aromatic rings. The van der Waals surface area contributed by atoms with Crippen LogP contribution in [-0.4, -0.2) is 21.3 Å². The Bertz CT molecular complexity index is 705. The molecule has 3 rings (SSSR count). The van der Waals surface area contributed by atoms with Crippen LogP contribution in [0.2, 0.25) is 0 Å². The quantitative estimate of drug-likeness (QED) is 0.723. The summed E-state index contributed by atoms with van der Waals surface area (Å²) in [7, 11) is 0. The standard InChI is InChI=1S/C11H7FN4O2/c12-6-1-2-7-9(5-6)14-15-10(7)13-11(17)8-3-4-18-16-8/h1-5H,(H2,13,14,15,17). The molecule has 2 N–H and O–H groups in total.